The van der Waals surface area contributed by atoms with Gasteiger partial charge in [-0.1, -0.05) is 18.2 Å². The highest BCUT2D eigenvalue weighted by Crippen LogP contribution is 2.24. The zero-order valence-corrected chi connectivity index (χ0v) is 12.5. The molecule has 0 fully saturated rings. The number of carbonyl (C=O) groups is 1. The fraction of sp³-hybridized carbons (Fsp3) is 0.500. The van der Waals surface area contributed by atoms with Crippen LogP contribution in [0, 0.1) is 0 Å². The summed E-state index contributed by atoms with van der Waals surface area (Å²) in [7, 11) is 1.62. The molecule has 0 bridgehead atoms. The minimum Gasteiger partial charge on any atom is -0.496 e. The number of thioether (sulfide) groups is 1. The predicted octanol–water partition coefficient (Wildman–Crippen LogP) is 1.95. The van der Waals surface area contributed by atoms with E-state index in [0.717, 1.165) is 17.1 Å². The molecule has 0 aromatic heterocycles. The average molecular weight is 282 g/mol. The van der Waals surface area contributed by atoms with Crippen LogP contribution in [-0.4, -0.2) is 31.1 Å². The van der Waals surface area contributed by atoms with Gasteiger partial charge in [-0.2, -0.15) is 11.8 Å². The monoisotopic (exact) mass is 282 g/mol. The molecule has 0 radical (unpaired) electrons. The number of rotatable bonds is 7. The van der Waals surface area contributed by atoms with Crippen molar-refractivity contribution in [2.24, 2.45) is 5.73 Å². The van der Waals surface area contributed by atoms with Gasteiger partial charge in [-0.05, 0) is 31.4 Å². The molecule has 0 heterocycles. The van der Waals surface area contributed by atoms with Crippen LogP contribution in [0.25, 0.3) is 0 Å². The van der Waals surface area contributed by atoms with Crippen LogP contribution in [0.5, 0.6) is 5.75 Å². The topological polar surface area (TPSA) is 64.3 Å². The van der Waals surface area contributed by atoms with Gasteiger partial charge in [0.1, 0.15) is 5.75 Å². The van der Waals surface area contributed by atoms with Crippen LogP contribution in [0.3, 0.4) is 0 Å². The van der Waals surface area contributed by atoms with E-state index < -0.39 is 6.04 Å². The van der Waals surface area contributed by atoms with Crippen molar-refractivity contribution in [2.45, 2.75) is 25.4 Å². The summed E-state index contributed by atoms with van der Waals surface area (Å²) in [5.74, 6) is 1.54. The highest BCUT2D eigenvalue weighted by Gasteiger charge is 2.18. The Morgan fingerprint density at radius 2 is 2.16 bits per heavy atom. The van der Waals surface area contributed by atoms with Crippen molar-refractivity contribution in [3.05, 3.63) is 29.8 Å². The first kappa shape index (κ1) is 15.9. The maximum atomic E-state index is 11.9. The summed E-state index contributed by atoms with van der Waals surface area (Å²) in [5, 5.41) is 2.93. The van der Waals surface area contributed by atoms with E-state index in [0.29, 0.717) is 6.42 Å². The third-order valence-electron chi connectivity index (χ3n) is 2.93. The quantitative estimate of drug-likeness (QED) is 0.802. The highest BCUT2D eigenvalue weighted by atomic mass is 32.2. The molecule has 0 saturated carbocycles. The molecule has 1 aromatic carbocycles. The van der Waals surface area contributed by atoms with Gasteiger partial charge in [-0.3, -0.25) is 4.79 Å². The predicted molar refractivity (Wildman–Crippen MR) is 80.5 cm³/mol. The van der Waals surface area contributed by atoms with E-state index in [2.05, 4.69) is 5.32 Å². The van der Waals surface area contributed by atoms with Gasteiger partial charge in [-0.15, -0.1) is 0 Å². The Hall–Kier alpha value is -1.20. The summed E-state index contributed by atoms with van der Waals surface area (Å²) in [6, 6.07) is 7.08. The molecule has 1 aromatic rings. The second-order valence-corrected chi connectivity index (χ2v) is 5.35. The normalized spacial score (nSPS) is 13.7. The van der Waals surface area contributed by atoms with Gasteiger partial charge in [-0.25, -0.2) is 0 Å². The lowest BCUT2D eigenvalue weighted by Gasteiger charge is -2.19. The van der Waals surface area contributed by atoms with E-state index in [4.69, 9.17) is 10.5 Å². The summed E-state index contributed by atoms with van der Waals surface area (Å²) in [4.78, 5) is 11.9. The molecule has 2 atom stereocenters. The van der Waals surface area contributed by atoms with Gasteiger partial charge in [0, 0.05) is 5.56 Å². The SMILES string of the molecule is COc1ccccc1[C@@H](C)NC(=O)[C@H](N)CCSC. The van der Waals surface area contributed by atoms with Gasteiger partial charge >= 0.3 is 0 Å². The number of hydrogen-bond donors (Lipinski definition) is 2. The largest absolute Gasteiger partial charge is 0.496 e. The van der Waals surface area contributed by atoms with Crippen molar-refractivity contribution >= 4 is 17.7 Å². The average Bonchev–Trinajstić information content (AvgIpc) is 2.44. The Balaban J connectivity index is 2.63. The zero-order chi connectivity index (χ0) is 14.3. The van der Waals surface area contributed by atoms with E-state index in [1.807, 2.05) is 37.4 Å². The van der Waals surface area contributed by atoms with Crippen molar-refractivity contribution in [3.8, 4) is 5.75 Å². The minimum atomic E-state index is -0.454. The minimum absolute atomic E-state index is 0.118. The Morgan fingerprint density at radius 1 is 1.47 bits per heavy atom. The fourth-order valence-corrected chi connectivity index (χ4v) is 2.29. The summed E-state index contributed by atoms with van der Waals surface area (Å²) < 4.78 is 5.29. The van der Waals surface area contributed by atoms with Crippen LogP contribution in [0.2, 0.25) is 0 Å². The Labute approximate surface area is 119 Å². The molecule has 0 spiro atoms. The summed E-state index contributed by atoms with van der Waals surface area (Å²) in [6.07, 6.45) is 2.69. The number of methoxy groups -OCH3 is 1. The van der Waals surface area contributed by atoms with Crippen molar-refractivity contribution < 1.29 is 9.53 Å². The number of benzene rings is 1. The maximum absolute atomic E-state index is 11.9. The van der Waals surface area contributed by atoms with Crippen molar-refractivity contribution in [1.82, 2.24) is 5.32 Å². The first-order valence-corrected chi connectivity index (χ1v) is 7.67. The van der Waals surface area contributed by atoms with Crippen LogP contribution in [-0.2, 0) is 4.79 Å². The molecule has 0 aliphatic rings. The lowest BCUT2D eigenvalue weighted by atomic mass is 10.1. The maximum Gasteiger partial charge on any atom is 0.237 e. The van der Waals surface area contributed by atoms with Gasteiger partial charge in [0.15, 0.2) is 0 Å². The Bertz CT molecular complexity index is 412. The molecular weight excluding hydrogens is 260 g/mol. The third kappa shape index (κ3) is 4.76. The molecule has 1 amide bonds. The van der Waals surface area contributed by atoms with Crippen LogP contribution in [0.4, 0.5) is 0 Å². The van der Waals surface area contributed by atoms with E-state index in [1.54, 1.807) is 18.9 Å². The van der Waals surface area contributed by atoms with Gasteiger partial charge in [0.2, 0.25) is 5.91 Å². The van der Waals surface area contributed by atoms with Gasteiger partial charge in [0.25, 0.3) is 0 Å². The standard InChI is InChI=1S/C14H22N2O2S/c1-10(11-6-4-5-7-13(11)18-2)16-14(17)12(15)8-9-19-3/h4-7,10,12H,8-9,15H2,1-3H3,(H,16,17)/t10-,12-/m1/s1. The first-order valence-electron chi connectivity index (χ1n) is 6.28. The Kier molecular flexibility index (Phi) is 6.73. The molecule has 0 aliphatic heterocycles. The Morgan fingerprint density at radius 3 is 2.79 bits per heavy atom. The number of ether oxygens (including phenoxy) is 1. The highest BCUT2D eigenvalue weighted by molar-refractivity contribution is 7.98. The van der Waals surface area contributed by atoms with Crippen molar-refractivity contribution in [3.63, 3.8) is 0 Å². The molecule has 106 valence electrons. The summed E-state index contributed by atoms with van der Waals surface area (Å²) >= 11 is 1.69. The lowest BCUT2D eigenvalue weighted by Crippen LogP contribution is -2.42. The van der Waals surface area contributed by atoms with Crippen LogP contribution < -0.4 is 15.8 Å². The molecular formula is C14H22N2O2S. The number of nitrogens with two attached hydrogens (primary N) is 1. The zero-order valence-electron chi connectivity index (χ0n) is 11.7. The number of nitrogens with one attached hydrogen (secondary N) is 1. The van der Waals surface area contributed by atoms with E-state index in [1.165, 1.54) is 0 Å². The molecule has 3 N–H and O–H groups in total. The number of hydrogen-bond acceptors (Lipinski definition) is 4. The van der Waals surface area contributed by atoms with E-state index >= 15 is 0 Å². The number of amides is 1. The van der Waals surface area contributed by atoms with E-state index in [9.17, 15) is 4.79 Å². The number of carbonyl (C=O) groups excluding carboxylic acids is 1. The summed E-state index contributed by atoms with van der Waals surface area (Å²) in [5.41, 5.74) is 6.80. The molecule has 0 aliphatic carbocycles. The molecule has 4 nitrogen and oxygen atoms in total. The fourth-order valence-electron chi connectivity index (χ4n) is 1.80. The van der Waals surface area contributed by atoms with Crippen molar-refractivity contribution in [2.75, 3.05) is 19.1 Å². The molecule has 0 saturated heterocycles. The van der Waals surface area contributed by atoms with Gasteiger partial charge < -0.3 is 15.8 Å². The first-order chi connectivity index (χ1) is 9.10. The third-order valence-corrected chi connectivity index (χ3v) is 3.58. The molecule has 1 rings (SSSR count). The van der Waals surface area contributed by atoms with Crippen LogP contribution in [0.15, 0.2) is 24.3 Å². The molecule has 19 heavy (non-hydrogen) atoms. The lowest BCUT2D eigenvalue weighted by molar-refractivity contribution is -0.123. The second-order valence-electron chi connectivity index (χ2n) is 4.36. The van der Waals surface area contributed by atoms with Gasteiger partial charge in [0.05, 0.1) is 19.2 Å². The van der Waals surface area contributed by atoms with E-state index in [-0.39, 0.29) is 11.9 Å². The van der Waals surface area contributed by atoms with Crippen LogP contribution in [0.1, 0.15) is 24.9 Å². The smallest absolute Gasteiger partial charge is 0.237 e. The molecule has 0 unspecified atom stereocenters. The summed E-state index contributed by atoms with van der Waals surface area (Å²) in [6.45, 7) is 1.93. The second kappa shape index (κ2) is 8.07. The van der Waals surface area contributed by atoms with Crippen LogP contribution >= 0.6 is 11.8 Å². The number of para-hydroxylation sites is 1. The molecule has 5 heteroatoms. The van der Waals surface area contributed by atoms with Crippen molar-refractivity contribution in [1.29, 1.82) is 0 Å².